The first-order chi connectivity index (χ1) is 12.7. The zero-order chi connectivity index (χ0) is 17.9. The van der Waals surface area contributed by atoms with Crippen LogP contribution in [0.2, 0.25) is 0 Å². The Labute approximate surface area is 160 Å². The maximum Gasteiger partial charge on any atom is 0.257 e. The normalized spacial score (nSPS) is 10.8. The molecule has 26 heavy (non-hydrogen) atoms. The molecule has 0 radical (unpaired) electrons. The van der Waals surface area contributed by atoms with E-state index in [1.54, 1.807) is 11.8 Å². The number of hydrogen-bond acceptors (Lipinski definition) is 4. The molecule has 0 aliphatic heterocycles. The van der Waals surface area contributed by atoms with Crippen LogP contribution in [-0.2, 0) is 0 Å². The molecule has 128 valence electrons. The molecule has 4 aromatic rings. The van der Waals surface area contributed by atoms with E-state index in [0.717, 1.165) is 21.5 Å². The van der Waals surface area contributed by atoms with Gasteiger partial charge in [-0.3, -0.25) is 10.1 Å². The van der Waals surface area contributed by atoms with Crippen molar-refractivity contribution in [2.24, 2.45) is 0 Å². The second kappa shape index (κ2) is 7.32. The van der Waals surface area contributed by atoms with Crippen molar-refractivity contribution >= 4 is 44.9 Å². The van der Waals surface area contributed by atoms with Gasteiger partial charge in [-0.1, -0.05) is 48.5 Å². The highest BCUT2D eigenvalue weighted by atomic mass is 32.2. The van der Waals surface area contributed by atoms with Crippen molar-refractivity contribution in [1.29, 1.82) is 0 Å². The second-order valence-corrected chi connectivity index (χ2v) is 7.49. The number of amides is 1. The van der Waals surface area contributed by atoms with Crippen LogP contribution in [0.1, 0.15) is 10.4 Å². The summed E-state index contributed by atoms with van der Waals surface area (Å²) in [6.45, 7) is 0. The van der Waals surface area contributed by atoms with Crippen molar-refractivity contribution in [1.82, 2.24) is 4.98 Å². The van der Waals surface area contributed by atoms with Gasteiger partial charge in [0.1, 0.15) is 0 Å². The Morgan fingerprint density at radius 3 is 2.73 bits per heavy atom. The molecule has 0 unspecified atom stereocenters. The number of fused-ring (bicyclic) bond motifs is 1. The Morgan fingerprint density at radius 2 is 1.85 bits per heavy atom. The quantitative estimate of drug-likeness (QED) is 0.448. The molecule has 1 amide bonds. The topological polar surface area (TPSA) is 42.0 Å². The number of benzene rings is 3. The first-order valence-corrected chi connectivity index (χ1v) is 10.2. The number of carbonyl (C=O) groups is 1. The molecule has 1 heterocycles. The summed E-state index contributed by atoms with van der Waals surface area (Å²) in [6, 6.07) is 22.0. The highest BCUT2D eigenvalue weighted by Gasteiger charge is 2.12. The monoisotopic (exact) mass is 376 g/mol. The molecule has 0 fully saturated rings. The van der Waals surface area contributed by atoms with Crippen LogP contribution in [0, 0.1) is 0 Å². The third-order valence-electron chi connectivity index (χ3n) is 4.12. The predicted molar refractivity (Wildman–Crippen MR) is 111 cm³/mol. The Kier molecular flexibility index (Phi) is 4.73. The van der Waals surface area contributed by atoms with E-state index in [1.165, 1.54) is 16.7 Å². The highest BCUT2D eigenvalue weighted by Crippen LogP contribution is 2.31. The van der Waals surface area contributed by atoms with Gasteiger partial charge in [0.05, 0.1) is 5.69 Å². The van der Waals surface area contributed by atoms with Crippen molar-refractivity contribution in [3.8, 4) is 11.3 Å². The van der Waals surface area contributed by atoms with Crippen LogP contribution in [0.3, 0.4) is 0 Å². The van der Waals surface area contributed by atoms with Crippen molar-refractivity contribution in [3.05, 3.63) is 77.7 Å². The third-order valence-corrected chi connectivity index (χ3v) is 5.61. The van der Waals surface area contributed by atoms with Gasteiger partial charge in [0.25, 0.3) is 5.91 Å². The van der Waals surface area contributed by atoms with E-state index in [0.29, 0.717) is 10.7 Å². The van der Waals surface area contributed by atoms with Crippen LogP contribution in [-0.4, -0.2) is 17.1 Å². The molecule has 4 rings (SSSR count). The number of nitrogens with zero attached hydrogens (tertiary/aromatic N) is 1. The molecule has 5 heteroatoms. The van der Waals surface area contributed by atoms with E-state index in [9.17, 15) is 4.79 Å². The number of thiazole rings is 1. The number of nitrogens with one attached hydrogen (secondary N) is 1. The minimum absolute atomic E-state index is 0.139. The molecular weight excluding hydrogens is 360 g/mol. The Hall–Kier alpha value is -2.63. The summed E-state index contributed by atoms with van der Waals surface area (Å²) in [5, 5.41) is 7.83. The average Bonchev–Trinajstić information content (AvgIpc) is 3.15. The van der Waals surface area contributed by atoms with Crippen LogP contribution in [0.15, 0.2) is 77.0 Å². The summed E-state index contributed by atoms with van der Waals surface area (Å²) >= 11 is 3.05. The Bertz CT molecular complexity index is 1080. The molecule has 0 aliphatic rings. The molecule has 1 N–H and O–H groups in total. The maximum atomic E-state index is 12.5. The van der Waals surface area contributed by atoms with Gasteiger partial charge in [0.2, 0.25) is 0 Å². The molecular formula is C21H16N2OS2. The van der Waals surface area contributed by atoms with Crippen molar-refractivity contribution in [2.75, 3.05) is 11.6 Å². The second-order valence-electron chi connectivity index (χ2n) is 5.75. The number of thioether (sulfide) groups is 1. The minimum atomic E-state index is -0.139. The lowest BCUT2D eigenvalue weighted by Crippen LogP contribution is -2.11. The number of anilines is 1. The lowest BCUT2D eigenvalue weighted by Gasteiger charge is -2.04. The summed E-state index contributed by atoms with van der Waals surface area (Å²) in [7, 11) is 0. The number of carbonyl (C=O) groups excluding carboxylic acids is 1. The molecule has 3 aromatic carbocycles. The zero-order valence-electron chi connectivity index (χ0n) is 14.1. The SMILES string of the molecule is CSc1cccc(C(=O)Nc2nc(-c3cccc4ccccc34)cs2)c1. The number of aromatic nitrogens is 1. The van der Waals surface area contributed by atoms with Crippen molar-refractivity contribution < 1.29 is 4.79 Å². The highest BCUT2D eigenvalue weighted by molar-refractivity contribution is 7.98. The van der Waals surface area contributed by atoms with Crippen LogP contribution in [0.4, 0.5) is 5.13 Å². The van der Waals surface area contributed by atoms with E-state index in [2.05, 4.69) is 34.6 Å². The maximum absolute atomic E-state index is 12.5. The van der Waals surface area contributed by atoms with Gasteiger partial charge in [-0.2, -0.15) is 0 Å². The summed E-state index contributed by atoms with van der Waals surface area (Å²) in [5.74, 6) is -0.139. The lowest BCUT2D eigenvalue weighted by atomic mass is 10.0. The van der Waals surface area contributed by atoms with E-state index in [1.807, 2.05) is 54.1 Å². The molecule has 0 spiro atoms. The Morgan fingerprint density at radius 1 is 1.04 bits per heavy atom. The van der Waals surface area contributed by atoms with Gasteiger partial charge in [0, 0.05) is 21.4 Å². The Balaban J connectivity index is 1.61. The third kappa shape index (κ3) is 3.36. The van der Waals surface area contributed by atoms with E-state index in [4.69, 9.17) is 0 Å². The van der Waals surface area contributed by atoms with Gasteiger partial charge in [0.15, 0.2) is 5.13 Å². The standard InChI is InChI=1S/C21H16N2OS2/c1-25-16-9-4-8-15(12-16)20(24)23-21-22-19(13-26-21)18-11-5-7-14-6-2-3-10-17(14)18/h2-13H,1H3,(H,22,23,24). The fraction of sp³-hybridized carbons (Fsp3) is 0.0476. The van der Waals surface area contributed by atoms with Gasteiger partial charge in [-0.15, -0.1) is 23.1 Å². The smallest absolute Gasteiger partial charge is 0.257 e. The van der Waals surface area contributed by atoms with Crippen molar-refractivity contribution in [2.45, 2.75) is 4.90 Å². The molecule has 0 saturated heterocycles. The van der Waals surface area contributed by atoms with Crippen LogP contribution >= 0.6 is 23.1 Å². The molecule has 0 aliphatic carbocycles. The van der Waals surface area contributed by atoms with E-state index in [-0.39, 0.29) is 5.91 Å². The molecule has 0 bridgehead atoms. The zero-order valence-corrected chi connectivity index (χ0v) is 15.7. The number of hydrogen-bond donors (Lipinski definition) is 1. The molecule has 3 nitrogen and oxygen atoms in total. The summed E-state index contributed by atoms with van der Waals surface area (Å²) in [5.41, 5.74) is 2.59. The largest absolute Gasteiger partial charge is 0.298 e. The predicted octanol–water partition coefficient (Wildman–Crippen LogP) is 5.94. The van der Waals surface area contributed by atoms with Crippen LogP contribution in [0.5, 0.6) is 0 Å². The summed E-state index contributed by atoms with van der Waals surface area (Å²) < 4.78 is 0. The van der Waals surface area contributed by atoms with E-state index >= 15 is 0 Å². The molecule has 0 saturated carbocycles. The number of rotatable bonds is 4. The average molecular weight is 377 g/mol. The first kappa shape index (κ1) is 16.8. The lowest BCUT2D eigenvalue weighted by molar-refractivity contribution is 0.102. The fourth-order valence-electron chi connectivity index (χ4n) is 2.84. The van der Waals surface area contributed by atoms with Gasteiger partial charge >= 0.3 is 0 Å². The van der Waals surface area contributed by atoms with Gasteiger partial charge < -0.3 is 0 Å². The first-order valence-electron chi connectivity index (χ1n) is 8.13. The minimum Gasteiger partial charge on any atom is -0.298 e. The van der Waals surface area contributed by atoms with Crippen LogP contribution < -0.4 is 5.32 Å². The molecule has 1 aromatic heterocycles. The van der Waals surface area contributed by atoms with Gasteiger partial charge in [-0.25, -0.2) is 4.98 Å². The van der Waals surface area contributed by atoms with E-state index < -0.39 is 0 Å². The molecule has 0 atom stereocenters. The fourth-order valence-corrected chi connectivity index (χ4v) is 4.00. The summed E-state index contributed by atoms with van der Waals surface area (Å²) in [4.78, 5) is 18.2. The van der Waals surface area contributed by atoms with Crippen LogP contribution in [0.25, 0.3) is 22.0 Å². The van der Waals surface area contributed by atoms with Gasteiger partial charge in [-0.05, 0) is 35.2 Å². The summed E-state index contributed by atoms with van der Waals surface area (Å²) in [6.07, 6.45) is 1.99. The van der Waals surface area contributed by atoms with Crippen molar-refractivity contribution in [3.63, 3.8) is 0 Å².